The lowest BCUT2D eigenvalue weighted by atomic mass is 10.0. The van der Waals surface area contributed by atoms with Gasteiger partial charge in [0.15, 0.2) is 0 Å². The molecular weight excluding hydrogens is 501 g/mol. The van der Waals surface area contributed by atoms with Crippen LogP contribution < -0.4 is 15.5 Å². The van der Waals surface area contributed by atoms with Gasteiger partial charge in [-0.05, 0) is 53.6 Å². The summed E-state index contributed by atoms with van der Waals surface area (Å²) in [4.78, 5) is 37.2. The maximum atomic E-state index is 12.7. The lowest BCUT2D eigenvalue weighted by Crippen LogP contribution is -2.32. The molecule has 0 heterocycles. The number of ether oxygens (including phenoxy) is 1. The molecule has 0 unspecified atom stereocenters. The molecule has 4 aromatic rings. The Balaban J connectivity index is 1.54. The van der Waals surface area contributed by atoms with Crippen molar-refractivity contribution in [3.63, 3.8) is 0 Å². The third kappa shape index (κ3) is 5.71. The minimum absolute atomic E-state index is 0.204. The van der Waals surface area contributed by atoms with E-state index < -0.39 is 17.8 Å². The summed E-state index contributed by atoms with van der Waals surface area (Å²) in [7, 11) is 0. The third-order valence-corrected chi connectivity index (χ3v) is 5.96. The fourth-order valence-corrected chi connectivity index (χ4v) is 3.74. The fourth-order valence-electron chi connectivity index (χ4n) is 3.34. The number of nitrogens with one attached hydrogen (secondary N) is 2. The molecule has 0 bridgehead atoms. The minimum atomic E-state index is -0.988. The molecule has 0 atom stereocenters. The predicted molar refractivity (Wildman–Crippen MR) is 141 cm³/mol. The Hall–Kier alpha value is -4.20. The second-order valence-corrected chi connectivity index (χ2v) is 8.50. The Morgan fingerprint density at radius 3 is 2.39 bits per heavy atom. The zero-order valence-corrected chi connectivity index (χ0v) is 20.4. The number of fused-ring (bicyclic) bond motifs is 1. The van der Waals surface area contributed by atoms with Gasteiger partial charge in [-0.2, -0.15) is 5.10 Å². The van der Waals surface area contributed by atoms with Gasteiger partial charge in [-0.15, -0.1) is 0 Å². The molecule has 4 aromatic carbocycles. The van der Waals surface area contributed by atoms with Crippen LogP contribution in [0.25, 0.3) is 10.8 Å². The summed E-state index contributed by atoms with van der Waals surface area (Å²) in [5.74, 6) is -2.35. The Kier molecular flexibility index (Phi) is 7.63. The number of halogens is 2. The molecule has 0 aliphatic heterocycles. The van der Waals surface area contributed by atoms with Crippen LogP contribution >= 0.6 is 23.2 Å². The van der Waals surface area contributed by atoms with Crippen molar-refractivity contribution in [3.8, 4) is 5.75 Å². The van der Waals surface area contributed by atoms with Gasteiger partial charge in [0, 0.05) is 16.3 Å². The summed E-state index contributed by atoms with van der Waals surface area (Å²) in [6.45, 7) is 1.82. The Morgan fingerprint density at radius 2 is 1.61 bits per heavy atom. The Morgan fingerprint density at radius 1 is 0.861 bits per heavy atom. The first-order chi connectivity index (χ1) is 17.3. The highest BCUT2D eigenvalue weighted by molar-refractivity contribution is 6.40. The maximum absolute atomic E-state index is 12.7. The number of aryl methyl sites for hydroxylation is 1. The number of carbonyl (C=O) groups is 3. The van der Waals surface area contributed by atoms with Crippen molar-refractivity contribution >= 4 is 63.7 Å². The molecule has 2 amide bonds. The van der Waals surface area contributed by atoms with Gasteiger partial charge in [-0.1, -0.05) is 71.7 Å². The predicted octanol–water partition coefficient (Wildman–Crippen LogP) is 5.76. The first kappa shape index (κ1) is 24.9. The highest BCUT2D eigenvalue weighted by atomic mass is 35.5. The number of amides is 2. The molecule has 0 saturated heterocycles. The Bertz CT molecular complexity index is 1520. The summed E-state index contributed by atoms with van der Waals surface area (Å²) >= 11 is 12.2. The molecule has 180 valence electrons. The van der Waals surface area contributed by atoms with Gasteiger partial charge in [-0.3, -0.25) is 9.59 Å². The summed E-state index contributed by atoms with van der Waals surface area (Å²) in [6, 6.07) is 22.2. The molecule has 7 nitrogen and oxygen atoms in total. The second-order valence-electron chi connectivity index (χ2n) is 7.69. The number of esters is 1. The summed E-state index contributed by atoms with van der Waals surface area (Å²) in [6.07, 6.45) is 1.31. The number of benzene rings is 4. The van der Waals surface area contributed by atoms with E-state index in [1.165, 1.54) is 6.21 Å². The van der Waals surface area contributed by atoms with Crippen molar-refractivity contribution in [1.29, 1.82) is 0 Å². The summed E-state index contributed by atoms with van der Waals surface area (Å²) in [5, 5.41) is 8.67. The average molecular weight is 520 g/mol. The smallest absolute Gasteiger partial charge is 0.345 e. The van der Waals surface area contributed by atoms with Gasteiger partial charge in [0.2, 0.25) is 0 Å². The van der Waals surface area contributed by atoms with E-state index in [2.05, 4.69) is 15.8 Å². The second kappa shape index (κ2) is 11.0. The SMILES string of the molecule is Cc1ccc(NC(=O)C(=O)N/N=C\c2c(OC(=O)c3ccccc3Cl)ccc3ccccc23)cc1Cl. The third-order valence-electron chi connectivity index (χ3n) is 5.22. The van der Waals surface area contributed by atoms with E-state index in [0.29, 0.717) is 16.3 Å². The standard InChI is InChI=1S/C27H19Cl2N3O4/c1-16-10-12-18(14-23(16)29)31-25(33)26(34)32-30-15-21-19-7-3-2-6-17(19)11-13-24(21)36-27(35)20-8-4-5-9-22(20)28/h2-15H,1H3,(H,31,33)(H,32,34)/b30-15-. The van der Waals surface area contributed by atoms with Gasteiger partial charge in [0.05, 0.1) is 16.8 Å². The zero-order chi connectivity index (χ0) is 25.7. The van der Waals surface area contributed by atoms with Crippen molar-refractivity contribution in [2.75, 3.05) is 5.32 Å². The van der Waals surface area contributed by atoms with Gasteiger partial charge in [-0.25, -0.2) is 10.2 Å². The van der Waals surface area contributed by atoms with E-state index in [4.69, 9.17) is 27.9 Å². The molecule has 0 aliphatic rings. The van der Waals surface area contributed by atoms with E-state index >= 15 is 0 Å². The minimum Gasteiger partial charge on any atom is -0.422 e. The van der Waals surface area contributed by atoms with Crippen LogP contribution in [0.4, 0.5) is 5.69 Å². The van der Waals surface area contributed by atoms with Crippen molar-refractivity contribution in [3.05, 3.63) is 106 Å². The van der Waals surface area contributed by atoms with Crippen LogP contribution in [-0.2, 0) is 9.59 Å². The van der Waals surface area contributed by atoms with Gasteiger partial charge < -0.3 is 10.1 Å². The van der Waals surface area contributed by atoms with Crippen molar-refractivity contribution in [2.45, 2.75) is 6.92 Å². The van der Waals surface area contributed by atoms with Gasteiger partial charge in [0.25, 0.3) is 0 Å². The van der Waals surface area contributed by atoms with E-state index in [1.807, 2.05) is 31.2 Å². The molecule has 9 heteroatoms. The van der Waals surface area contributed by atoms with E-state index in [1.54, 1.807) is 54.6 Å². The Labute approximate surface area is 216 Å². The number of carbonyl (C=O) groups excluding carboxylic acids is 3. The first-order valence-corrected chi connectivity index (χ1v) is 11.5. The number of hydrazone groups is 1. The molecule has 0 radical (unpaired) electrons. The molecule has 36 heavy (non-hydrogen) atoms. The lowest BCUT2D eigenvalue weighted by molar-refractivity contribution is -0.136. The van der Waals surface area contributed by atoms with Crippen LogP contribution in [0.5, 0.6) is 5.75 Å². The fraction of sp³-hybridized carbons (Fsp3) is 0.0370. The number of hydrogen-bond acceptors (Lipinski definition) is 5. The average Bonchev–Trinajstić information content (AvgIpc) is 2.87. The molecule has 0 aromatic heterocycles. The lowest BCUT2D eigenvalue weighted by Gasteiger charge is -2.11. The number of anilines is 1. The van der Waals surface area contributed by atoms with Crippen LogP contribution in [0.1, 0.15) is 21.5 Å². The van der Waals surface area contributed by atoms with Crippen LogP contribution in [0.15, 0.2) is 84.0 Å². The number of nitrogens with zero attached hydrogens (tertiary/aromatic N) is 1. The van der Waals surface area contributed by atoms with Crippen LogP contribution in [0.2, 0.25) is 10.0 Å². The number of hydrogen-bond donors (Lipinski definition) is 2. The normalized spacial score (nSPS) is 10.9. The molecule has 2 N–H and O–H groups in total. The van der Waals surface area contributed by atoms with Gasteiger partial charge in [0.1, 0.15) is 5.75 Å². The van der Waals surface area contributed by atoms with E-state index in [0.717, 1.165) is 16.3 Å². The van der Waals surface area contributed by atoms with Crippen LogP contribution in [0.3, 0.4) is 0 Å². The van der Waals surface area contributed by atoms with Gasteiger partial charge >= 0.3 is 17.8 Å². The molecule has 4 rings (SSSR count). The van der Waals surface area contributed by atoms with Crippen molar-refractivity contribution in [2.24, 2.45) is 5.10 Å². The summed E-state index contributed by atoms with van der Waals surface area (Å²) in [5.41, 5.74) is 4.03. The van der Waals surface area contributed by atoms with E-state index in [-0.39, 0.29) is 16.3 Å². The highest BCUT2D eigenvalue weighted by Crippen LogP contribution is 2.28. The van der Waals surface area contributed by atoms with Crippen molar-refractivity contribution < 1.29 is 19.1 Å². The highest BCUT2D eigenvalue weighted by Gasteiger charge is 2.17. The van der Waals surface area contributed by atoms with E-state index in [9.17, 15) is 14.4 Å². The molecule has 0 saturated carbocycles. The molecule has 0 fully saturated rings. The van der Waals surface area contributed by atoms with Crippen molar-refractivity contribution in [1.82, 2.24) is 5.43 Å². The molecular formula is C27H19Cl2N3O4. The monoisotopic (exact) mass is 519 g/mol. The quantitative estimate of drug-likeness (QED) is 0.115. The zero-order valence-electron chi connectivity index (χ0n) is 18.9. The van der Waals surface area contributed by atoms with Crippen LogP contribution in [-0.4, -0.2) is 24.0 Å². The topological polar surface area (TPSA) is 96.9 Å². The first-order valence-electron chi connectivity index (χ1n) is 10.7. The molecule has 0 aliphatic carbocycles. The van der Waals surface area contributed by atoms with Crippen LogP contribution in [0, 0.1) is 6.92 Å². The maximum Gasteiger partial charge on any atom is 0.345 e. The molecule has 0 spiro atoms. The summed E-state index contributed by atoms with van der Waals surface area (Å²) < 4.78 is 5.61. The number of rotatable bonds is 5. The largest absolute Gasteiger partial charge is 0.422 e.